The van der Waals surface area contributed by atoms with E-state index in [0.717, 1.165) is 12.8 Å². The molecule has 1 aromatic heterocycles. The molecule has 1 aliphatic rings. The van der Waals surface area contributed by atoms with Gasteiger partial charge < -0.3 is 20.9 Å². The fourth-order valence-electron chi connectivity index (χ4n) is 1.77. The van der Waals surface area contributed by atoms with Gasteiger partial charge in [0.05, 0.1) is 12.1 Å². The van der Waals surface area contributed by atoms with Crippen LogP contribution in [-0.4, -0.2) is 40.7 Å². The third-order valence-corrected chi connectivity index (χ3v) is 2.83. The molecule has 1 saturated heterocycles. The normalized spacial score (nSPS) is 19.3. The van der Waals surface area contributed by atoms with Gasteiger partial charge in [0, 0.05) is 13.2 Å². The standard InChI is InChI=1S/C10H16N4O2/c11-8-1-2-9(14-13-8)12-10(7-15)3-5-16-6-4-10/h1-2,15H,3-7H2,(H2,11,13)(H,12,14). The number of nitrogens with one attached hydrogen (secondary N) is 1. The van der Waals surface area contributed by atoms with Crippen LogP contribution in [0.15, 0.2) is 12.1 Å². The molecule has 0 bridgehead atoms. The smallest absolute Gasteiger partial charge is 0.149 e. The average Bonchev–Trinajstić information content (AvgIpc) is 2.33. The van der Waals surface area contributed by atoms with Crippen LogP contribution in [0.2, 0.25) is 0 Å². The van der Waals surface area contributed by atoms with Crippen molar-refractivity contribution in [3.05, 3.63) is 12.1 Å². The van der Waals surface area contributed by atoms with E-state index in [-0.39, 0.29) is 12.1 Å². The number of rotatable bonds is 3. The number of nitrogen functional groups attached to an aromatic ring is 1. The van der Waals surface area contributed by atoms with E-state index in [1.807, 2.05) is 0 Å². The number of anilines is 2. The Morgan fingerprint density at radius 1 is 1.38 bits per heavy atom. The third-order valence-electron chi connectivity index (χ3n) is 2.83. The van der Waals surface area contributed by atoms with Gasteiger partial charge in [0.15, 0.2) is 0 Å². The highest BCUT2D eigenvalue weighted by Gasteiger charge is 2.32. The Labute approximate surface area is 93.8 Å². The molecule has 6 heteroatoms. The Hall–Kier alpha value is -1.40. The van der Waals surface area contributed by atoms with E-state index in [1.54, 1.807) is 12.1 Å². The summed E-state index contributed by atoms with van der Waals surface area (Å²) in [5.74, 6) is 1.01. The first-order valence-electron chi connectivity index (χ1n) is 5.30. The number of hydrogen-bond donors (Lipinski definition) is 3. The van der Waals surface area contributed by atoms with Crippen molar-refractivity contribution in [1.29, 1.82) is 0 Å². The topological polar surface area (TPSA) is 93.3 Å². The van der Waals surface area contributed by atoms with E-state index >= 15 is 0 Å². The minimum Gasteiger partial charge on any atom is -0.394 e. The van der Waals surface area contributed by atoms with E-state index in [1.165, 1.54) is 0 Å². The Kier molecular flexibility index (Phi) is 3.21. The molecule has 6 nitrogen and oxygen atoms in total. The minimum absolute atomic E-state index is 0.0580. The molecular weight excluding hydrogens is 208 g/mol. The highest BCUT2D eigenvalue weighted by atomic mass is 16.5. The lowest BCUT2D eigenvalue weighted by Crippen LogP contribution is -2.47. The van der Waals surface area contributed by atoms with Gasteiger partial charge in [-0.2, -0.15) is 0 Å². The number of aliphatic hydroxyl groups is 1. The number of aromatic nitrogens is 2. The molecule has 4 N–H and O–H groups in total. The first-order valence-corrected chi connectivity index (χ1v) is 5.30. The zero-order valence-electron chi connectivity index (χ0n) is 9.02. The molecule has 0 amide bonds. The molecule has 2 heterocycles. The zero-order valence-corrected chi connectivity index (χ0v) is 9.02. The second-order valence-electron chi connectivity index (χ2n) is 4.02. The van der Waals surface area contributed by atoms with Gasteiger partial charge in [-0.15, -0.1) is 10.2 Å². The quantitative estimate of drug-likeness (QED) is 0.669. The van der Waals surface area contributed by atoms with Gasteiger partial charge in [-0.1, -0.05) is 0 Å². The summed E-state index contributed by atoms with van der Waals surface area (Å²) in [5.41, 5.74) is 5.11. The first kappa shape index (κ1) is 11.1. The molecule has 0 aromatic carbocycles. The van der Waals surface area contributed by atoms with Gasteiger partial charge in [0.2, 0.25) is 0 Å². The van der Waals surface area contributed by atoms with E-state index < -0.39 is 0 Å². The molecule has 0 saturated carbocycles. The predicted molar refractivity (Wildman–Crippen MR) is 59.9 cm³/mol. The van der Waals surface area contributed by atoms with Crippen LogP contribution in [0.3, 0.4) is 0 Å². The van der Waals surface area contributed by atoms with E-state index in [2.05, 4.69) is 15.5 Å². The molecular formula is C10H16N4O2. The van der Waals surface area contributed by atoms with Crippen molar-refractivity contribution in [3.8, 4) is 0 Å². The number of ether oxygens (including phenoxy) is 1. The summed E-state index contributed by atoms with van der Waals surface area (Å²) in [6.07, 6.45) is 1.52. The number of hydrogen-bond acceptors (Lipinski definition) is 6. The minimum atomic E-state index is -0.344. The summed E-state index contributed by atoms with van der Waals surface area (Å²) in [7, 11) is 0. The summed E-state index contributed by atoms with van der Waals surface area (Å²) in [6.45, 7) is 1.36. The maximum atomic E-state index is 9.47. The van der Waals surface area contributed by atoms with Crippen LogP contribution in [0.5, 0.6) is 0 Å². The summed E-state index contributed by atoms with van der Waals surface area (Å²) in [4.78, 5) is 0. The van der Waals surface area contributed by atoms with E-state index in [9.17, 15) is 5.11 Å². The largest absolute Gasteiger partial charge is 0.394 e. The van der Waals surface area contributed by atoms with E-state index in [0.29, 0.717) is 24.8 Å². The summed E-state index contributed by atoms with van der Waals surface area (Å²) < 4.78 is 5.28. The van der Waals surface area contributed by atoms with Crippen LogP contribution in [0.4, 0.5) is 11.6 Å². The molecule has 1 aromatic rings. The molecule has 0 atom stereocenters. The Morgan fingerprint density at radius 3 is 2.69 bits per heavy atom. The molecule has 0 radical (unpaired) electrons. The monoisotopic (exact) mass is 224 g/mol. The molecule has 88 valence electrons. The third kappa shape index (κ3) is 2.40. The van der Waals surface area contributed by atoms with Crippen LogP contribution < -0.4 is 11.1 Å². The Bertz CT molecular complexity index is 335. The average molecular weight is 224 g/mol. The van der Waals surface area contributed by atoms with Crippen LogP contribution in [-0.2, 0) is 4.74 Å². The number of nitrogens with zero attached hydrogens (tertiary/aromatic N) is 2. The molecule has 0 aliphatic carbocycles. The number of aliphatic hydroxyl groups excluding tert-OH is 1. The second kappa shape index (κ2) is 4.63. The summed E-state index contributed by atoms with van der Waals surface area (Å²) in [5, 5.41) is 20.4. The maximum Gasteiger partial charge on any atom is 0.149 e. The van der Waals surface area contributed by atoms with Crippen molar-refractivity contribution in [2.45, 2.75) is 18.4 Å². The van der Waals surface area contributed by atoms with Gasteiger partial charge >= 0.3 is 0 Å². The zero-order chi connectivity index (χ0) is 11.4. The van der Waals surface area contributed by atoms with Gasteiger partial charge in [-0.05, 0) is 25.0 Å². The van der Waals surface area contributed by atoms with Gasteiger partial charge in [0.1, 0.15) is 11.6 Å². The SMILES string of the molecule is Nc1ccc(NC2(CO)CCOCC2)nn1. The fraction of sp³-hybridized carbons (Fsp3) is 0.600. The Morgan fingerprint density at radius 2 is 2.12 bits per heavy atom. The van der Waals surface area contributed by atoms with Crippen molar-refractivity contribution in [2.24, 2.45) is 0 Å². The van der Waals surface area contributed by atoms with E-state index in [4.69, 9.17) is 10.5 Å². The van der Waals surface area contributed by atoms with Crippen LogP contribution in [0.25, 0.3) is 0 Å². The van der Waals surface area contributed by atoms with Crippen molar-refractivity contribution in [1.82, 2.24) is 10.2 Å². The van der Waals surface area contributed by atoms with Crippen LogP contribution in [0.1, 0.15) is 12.8 Å². The van der Waals surface area contributed by atoms with Gasteiger partial charge in [-0.3, -0.25) is 0 Å². The Balaban J connectivity index is 2.08. The maximum absolute atomic E-state index is 9.47. The predicted octanol–water partition coefficient (Wildman–Crippen LogP) is 0.0122. The lowest BCUT2D eigenvalue weighted by molar-refractivity contribution is 0.0378. The summed E-state index contributed by atoms with van der Waals surface area (Å²) >= 11 is 0. The molecule has 0 spiro atoms. The second-order valence-corrected chi connectivity index (χ2v) is 4.02. The summed E-state index contributed by atoms with van der Waals surface area (Å²) in [6, 6.07) is 3.44. The van der Waals surface area contributed by atoms with Crippen molar-refractivity contribution in [3.63, 3.8) is 0 Å². The molecule has 16 heavy (non-hydrogen) atoms. The fourth-order valence-corrected chi connectivity index (χ4v) is 1.77. The molecule has 0 unspecified atom stereocenters. The van der Waals surface area contributed by atoms with Crippen LogP contribution >= 0.6 is 0 Å². The lowest BCUT2D eigenvalue weighted by Gasteiger charge is -2.36. The molecule has 2 rings (SSSR count). The first-order chi connectivity index (χ1) is 7.74. The van der Waals surface area contributed by atoms with Crippen molar-refractivity contribution in [2.75, 3.05) is 30.9 Å². The van der Waals surface area contributed by atoms with Gasteiger partial charge in [0.25, 0.3) is 0 Å². The number of nitrogens with two attached hydrogens (primary N) is 1. The molecule has 1 aliphatic heterocycles. The van der Waals surface area contributed by atoms with Crippen molar-refractivity contribution >= 4 is 11.6 Å². The van der Waals surface area contributed by atoms with Gasteiger partial charge in [-0.25, -0.2) is 0 Å². The lowest BCUT2D eigenvalue weighted by atomic mass is 9.91. The molecule has 1 fully saturated rings. The van der Waals surface area contributed by atoms with Crippen LogP contribution in [0, 0.1) is 0 Å². The highest BCUT2D eigenvalue weighted by molar-refractivity contribution is 5.41. The highest BCUT2D eigenvalue weighted by Crippen LogP contribution is 2.24. The van der Waals surface area contributed by atoms with Crippen molar-refractivity contribution < 1.29 is 9.84 Å².